The number of nitrogens with zero attached hydrogens (tertiary/aromatic N) is 5. The van der Waals surface area contributed by atoms with E-state index in [1.807, 2.05) is 0 Å². The summed E-state index contributed by atoms with van der Waals surface area (Å²) in [5, 5.41) is 17.6. The molecule has 30 heavy (non-hydrogen) atoms. The number of benzene rings is 1. The van der Waals surface area contributed by atoms with Crippen LogP contribution in [0.3, 0.4) is 0 Å². The van der Waals surface area contributed by atoms with Gasteiger partial charge in [0.2, 0.25) is 11.8 Å². The summed E-state index contributed by atoms with van der Waals surface area (Å²) in [6.45, 7) is 0. The van der Waals surface area contributed by atoms with E-state index in [1.54, 1.807) is 0 Å². The Morgan fingerprint density at radius 1 is 1.33 bits per heavy atom. The van der Waals surface area contributed by atoms with E-state index in [4.69, 9.17) is 11.6 Å². The predicted molar refractivity (Wildman–Crippen MR) is 106 cm³/mol. The summed E-state index contributed by atoms with van der Waals surface area (Å²) in [6, 6.07) is 4.35. The van der Waals surface area contributed by atoms with Crippen LogP contribution in [0.1, 0.15) is 18.5 Å². The highest BCUT2D eigenvalue weighted by Gasteiger charge is 2.21. The van der Waals surface area contributed by atoms with Gasteiger partial charge in [0.1, 0.15) is 11.5 Å². The first-order valence-electron chi connectivity index (χ1n) is 9.01. The normalized spacial score (nSPS) is 15.3. The highest BCUT2D eigenvalue weighted by atomic mass is 35.5. The first kappa shape index (κ1) is 18.3. The van der Waals surface area contributed by atoms with Gasteiger partial charge in [-0.3, -0.25) is 4.98 Å². The van der Waals surface area contributed by atoms with E-state index in [2.05, 4.69) is 35.3 Å². The van der Waals surface area contributed by atoms with E-state index in [1.165, 1.54) is 35.0 Å². The Bertz CT molecular complexity index is 1450. The third-order valence-corrected chi connectivity index (χ3v) is 4.72. The third kappa shape index (κ3) is 3.50. The molecule has 0 unspecified atom stereocenters. The predicted octanol–water partition coefficient (Wildman–Crippen LogP) is 0.993. The van der Waals surface area contributed by atoms with E-state index >= 15 is 0 Å². The number of anilines is 2. The van der Waals surface area contributed by atoms with E-state index in [-0.39, 0.29) is 28.6 Å². The van der Waals surface area contributed by atoms with Gasteiger partial charge in [-0.05, 0) is 37.1 Å². The zero-order valence-electron chi connectivity index (χ0n) is 15.2. The van der Waals surface area contributed by atoms with Crippen molar-refractivity contribution in [1.29, 1.82) is 0 Å². The van der Waals surface area contributed by atoms with Crippen LogP contribution in [0.15, 0.2) is 34.2 Å². The zero-order valence-corrected chi connectivity index (χ0v) is 16.0. The maximum Gasteiger partial charge on any atom is 0.326 e. The molecule has 1 aromatic carbocycles. The Labute approximate surface area is 171 Å². The Balaban J connectivity index is 1.67. The smallest absolute Gasteiger partial charge is 0.326 e. The van der Waals surface area contributed by atoms with Gasteiger partial charge < -0.3 is 15.4 Å². The molecule has 1 saturated carbocycles. The fourth-order valence-corrected chi connectivity index (χ4v) is 3.02. The van der Waals surface area contributed by atoms with Crippen LogP contribution < -0.4 is 21.8 Å². The maximum absolute atomic E-state index is 13.4. The Morgan fingerprint density at radius 3 is 2.87 bits per heavy atom. The lowest BCUT2D eigenvalue weighted by atomic mass is 10.3. The number of H-pyrrole nitrogens is 2. The van der Waals surface area contributed by atoms with Crippen molar-refractivity contribution in [2.45, 2.75) is 18.9 Å². The lowest BCUT2D eigenvalue weighted by Gasteiger charge is -2.06. The van der Waals surface area contributed by atoms with E-state index in [9.17, 15) is 14.3 Å². The van der Waals surface area contributed by atoms with Gasteiger partial charge in [-0.2, -0.15) is 19.6 Å². The van der Waals surface area contributed by atoms with Gasteiger partial charge in [-0.25, -0.2) is 14.2 Å². The summed E-state index contributed by atoms with van der Waals surface area (Å²) >= 11 is 5.85. The summed E-state index contributed by atoms with van der Waals surface area (Å²) in [5.74, 6) is -0.613. The van der Waals surface area contributed by atoms with E-state index < -0.39 is 11.5 Å². The molecule has 10 nitrogen and oxygen atoms in total. The van der Waals surface area contributed by atoms with Crippen molar-refractivity contribution in [1.82, 2.24) is 29.5 Å². The van der Waals surface area contributed by atoms with Gasteiger partial charge in [-0.1, -0.05) is 11.6 Å². The summed E-state index contributed by atoms with van der Waals surface area (Å²) in [7, 11) is 0. The molecule has 0 bridgehead atoms. The number of aromatic hydroxyl groups is 1. The first-order chi connectivity index (χ1) is 14.5. The molecule has 152 valence electrons. The molecule has 0 amide bonds. The number of aromatic amines is 2. The highest BCUT2D eigenvalue weighted by Crippen LogP contribution is 2.23. The number of imidazole rings is 1. The van der Waals surface area contributed by atoms with Crippen molar-refractivity contribution in [3.05, 3.63) is 62.3 Å². The molecule has 3 aromatic heterocycles. The van der Waals surface area contributed by atoms with E-state index in [0.29, 0.717) is 22.2 Å². The minimum Gasteiger partial charge on any atom is -0.493 e. The number of rotatable bonds is 4. The molecule has 1 fully saturated rings. The molecular formula is C18H14ClFN8O2. The van der Waals surface area contributed by atoms with Crippen molar-refractivity contribution in [3.8, 4) is 5.88 Å². The van der Waals surface area contributed by atoms with Crippen molar-refractivity contribution < 1.29 is 9.50 Å². The standard InChI is InChI=1S/C18H14ClFN8O2/c19-11-6-10(3-4-12(11)20)22-16-25-14-8(5-13-15(29)26-18(30)24-13)7-21-28(14)17(27-16)23-9-1-2-9/h3-7,9,29H,1-2H2,(H,22,23,27)(H2,24,26,30)/b8-5+. The van der Waals surface area contributed by atoms with E-state index in [0.717, 1.165) is 12.8 Å². The topological polar surface area (TPSA) is 136 Å². The SMILES string of the molecule is O=c1[nH]c(O)c(/C=c2\cnn3c(=NC4CC4)nc(Nc4ccc(F)c(Cl)c4)nc23)[nH]1. The van der Waals surface area contributed by atoms with Crippen molar-refractivity contribution in [2.75, 3.05) is 5.32 Å². The second-order valence-electron chi connectivity index (χ2n) is 6.78. The Morgan fingerprint density at radius 2 is 2.17 bits per heavy atom. The largest absolute Gasteiger partial charge is 0.493 e. The molecule has 0 atom stereocenters. The molecule has 1 aliphatic rings. The molecule has 0 aliphatic heterocycles. The summed E-state index contributed by atoms with van der Waals surface area (Å²) in [6.07, 6.45) is 5.00. The fraction of sp³-hybridized carbons (Fsp3) is 0.167. The van der Waals surface area contributed by atoms with Gasteiger partial charge in [0, 0.05) is 10.9 Å². The van der Waals surface area contributed by atoms with Crippen LogP contribution in [0.5, 0.6) is 5.88 Å². The van der Waals surface area contributed by atoms with Crippen molar-refractivity contribution >= 4 is 35.0 Å². The molecule has 4 N–H and O–H groups in total. The molecule has 0 spiro atoms. The van der Waals surface area contributed by atoms with Gasteiger partial charge in [-0.15, -0.1) is 0 Å². The van der Waals surface area contributed by atoms with Gasteiger partial charge in [0.25, 0.3) is 5.62 Å². The molecule has 0 radical (unpaired) electrons. The number of halogens is 2. The van der Waals surface area contributed by atoms with Crippen molar-refractivity contribution in [2.24, 2.45) is 4.99 Å². The zero-order chi connectivity index (χ0) is 20.8. The second-order valence-corrected chi connectivity index (χ2v) is 7.19. The average Bonchev–Trinajstić information content (AvgIpc) is 3.34. The molecule has 0 saturated heterocycles. The number of hydrogen-bond acceptors (Lipinski definition) is 7. The minimum absolute atomic E-state index is 0.0331. The van der Waals surface area contributed by atoms with Gasteiger partial charge in [0.15, 0.2) is 5.65 Å². The molecule has 4 aromatic rings. The van der Waals surface area contributed by atoms with Crippen molar-refractivity contribution in [3.63, 3.8) is 0 Å². The van der Waals surface area contributed by atoms with Gasteiger partial charge >= 0.3 is 5.69 Å². The number of aromatic nitrogens is 6. The van der Waals surface area contributed by atoms with Crippen LogP contribution in [0, 0.1) is 5.82 Å². The Hall–Kier alpha value is -3.73. The van der Waals surface area contributed by atoms with Crippen LogP contribution in [0.2, 0.25) is 5.02 Å². The van der Waals surface area contributed by atoms with Gasteiger partial charge in [0.05, 0.1) is 17.3 Å². The molecule has 3 heterocycles. The quantitative estimate of drug-likeness (QED) is 0.382. The van der Waals surface area contributed by atoms with Crippen LogP contribution in [0.4, 0.5) is 16.0 Å². The average molecular weight is 429 g/mol. The lowest BCUT2D eigenvalue weighted by molar-refractivity contribution is 0.454. The summed E-state index contributed by atoms with van der Waals surface area (Å²) in [5.41, 5.74) is 0.908. The highest BCUT2D eigenvalue weighted by molar-refractivity contribution is 6.31. The summed E-state index contributed by atoms with van der Waals surface area (Å²) in [4.78, 5) is 29.6. The van der Waals surface area contributed by atoms with Crippen LogP contribution in [-0.4, -0.2) is 40.7 Å². The van der Waals surface area contributed by atoms with Crippen LogP contribution in [0.25, 0.3) is 11.7 Å². The second kappa shape index (κ2) is 6.95. The molecule has 12 heteroatoms. The number of hydrogen-bond donors (Lipinski definition) is 4. The molecule has 1 aliphatic carbocycles. The summed E-state index contributed by atoms with van der Waals surface area (Å²) < 4.78 is 14.9. The minimum atomic E-state index is -0.537. The lowest BCUT2D eigenvalue weighted by Crippen LogP contribution is -2.24. The fourth-order valence-electron chi connectivity index (χ4n) is 2.84. The monoisotopic (exact) mass is 428 g/mol. The molecule has 5 rings (SSSR count). The molecular weight excluding hydrogens is 415 g/mol. The third-order valence-electron chi connectivity index (χ3n) is 4.43. The van der Waals surface area contributed by atoms with Crippen LogP contribution in [-0.2, 0) is 0 Å². The van der Waals surface area contributed by atoms with Crippen LogP contribution >= 0.6 is 11.6 Å². The maximum atomic E-state index is 13.4. The first-order valence-corrected chi connectivity index (χ1v) is 9.39. The Kier molecular flexibility index (Phi) is 4.24. The number of fused-ring (bicyclic) bond motifs is 1. The number of nitrogens with one attached hydrogen (secondary N) is 3.